The summed E-state index contributed by atoms with van der Waals surface area (Å²) in [6.45, 7) is 0. The summed E-state index contributed by atoms with van der Waals surface area (Å²) in [5.74, 6) is -0.587. The number of benzene rings is 1. The Morgan fingerprint density at radius 1 is 1.15 bits per heavy atom. The van der Waals surface area contributed by atoms with Crippen molar-refractivity contribution in [1.29, 1.82) is 0 Å². The molecule has 6 N–H and O–H groups in total. The number of nitrogens with two attached hydrogens (primary N) is 3. The summed E-state index contributed by atoms with van der Waals surface area (Å²) < 4.78 is 0. The second-order valence-electron chi connectivity index (χ2n) is 2.86. The Bertz CT molecular complexity index is 286. The average Bonchev–Trinajstić information content (AvgIpc) is 2.17. The molecule has 0 heterocycles. The third kappa shape index (κ3) is 2.27. The summed E-state index contributed by atoms with van der Waals surface area (Å²) in [5.41, 5.74) is 17.1. The van der Waals surface area contributed by atoms with Gasteiger partial charge in [-0.1, -0.05) is 30.3 Å². The van der Waals surface area contributed by atoms with Crippen LogP contribution in [0.5, 0.6) is 0 Å². The van der Waals surface area contributed by atoms with Crippen LogP contribution in [0.3, 0.4) is 0 Å². The number of carbonyl (C=O) groups excluding carboxylic acids is 1. The molecule has 0 aliphatic heterocycles. The molecule has 0 aromatic heterocycles. The van der Waals surface area contributed by atoms with E-state index in [1.54, 1.807) is 0 Å². The lowest BCUT2D eigenvalue weighted by molar-refractivity contribution is -0.119. The molecule has 13 heavy (non-hydrogen) atoms. The van der Waals surface area contributed by atoms with Crippen molar-refractivity contribution in [3.8, 4) is 0 Å². The van der Waals surface area contributed by atoms with Crippen LogP contribution in [-0.4, -0.2) is 11.9 Å². The third-order valence-electron chi connectivity index (χ3n) is 1.90. The quantitative estimate of drug-likeness (QED) is 0.583. The van der Waals surface area contributed by atoms with Gasteiger partial charge in [0.25, 0.3) is 0 Å². The highest BCUT2D eigenvalue weighted by Crippen LogP contribution is 2.11. The summed E-state index contributed by atoms with van der Waals surface area (Å²) in [6, 6.07) is 7.81. The molecule has 4 heteroatoms. The maximum absolute atomic E-state index is 10.7. The van der Waals surface area contributed by atoms with Crippen LogP contribution in [0.15, 0.2) is 30.3 Å². The Morgan fingerprint density at radius 2 is 1.69 bits per heavy atom. The smallest absolute Gasteiger partial charge is 0.236 e. The van der Waals surface area contributed by atoms with Gasteiger partial charge in [-0.05, 0) is 5.56 Å². The second kappa shape index (κ2) is 4.02. The van der Waals surface area contributed by atoms with Gasteiger partial charge < -0.3 is 17.2 Å². The van der Waals surface area contributed by atoms with Gasteiger partial charge in [0, 0.05) is 0 Å². The molecular formula is C9H13N3O. The largest absolute Gasteiger partial charge is 0.368 e. The Labute approximate surface area is 76.7 Å². The van der Waals surface area contributed by atoms with Gasteiger partial charge in [0.05, 0.1) is 6.04 Å². The maximum Gasteiger partial charge on any atom is 0.236 e. The Kier molecular flexibility index (Phi) is 3.00. The molecule has 0 saturated carbocycles. The molecule has 0 bridgehead atoms. The van der Waals surface area contributed by atoms with Gasteiger partial charge in [-0.15, -0.1) is 0 Å². The second-order valence-corrected chi connectivity index (χ2v) is 2.86. The molecule has 4 nitrogen and oxygen atoms in total. The van der Waals surface area contributed by atoms with Crippen LogP contribution in [0.2, 0.25) is 0 Å². The third-order valence-corrected chi connectivity index (χ3v) is 1.90. The van der Waals surface area contributed by atoms with Crippen molar-refractivity contribution in [2.45, 2.75) is 12.1 Å². The number of hydrogen-bond acceptors (Lipinski definition) is 3. The maximum atomic E-state index is 10.7. The van der Waals surface area contributed by atoms with Crippen LogP contribution in [0.4, 0.5) is 0 Å². The van der Waals surface area contributed by atoms with Crippen molar-refractivity contribution in [2.24, 2.45) is 17.2 Å². The summed E-state index contributed by atoms with van der Waals surface area (Å²) in [7, 11) is 0. The standard InChI is InChI=1S/C9H13N3O/c10-7(8(11)9(12)13)6-4-2-1-3-5-6/h1-5,7-8H,10-11H2,(H2,12,13)/t7?,8-/m0/s1. The van der Waals surface area contributed by atoms with Gasteiger partial charge in [-0.25, -0.2) is 0 Å². The molecule has 1 aromatic rings. The Hall–Kier alpha value is -1.39. The molecule has 1 rings (SSSR count). The molecule has 1 amide bonds. The first-order valence-corrected chi connectivity index (χ1v) is 3.98. The van der Waals surface area contributed by atoms with E-state index in [-0.39, 0.29) is 0 Å². The monoisotopic (exact) mass is 179 g/mol. The summed E-state index contributed by atoms with van der Waals surface area (Å²) in [5, 5.41) is 0. The van der Waals surface area contributed by atoms with Crippen LogP contribution < -0.4 is 17.2 Å². The van der Waals surface area contributed by atoms with Gasteiger partial charge in [0.2, 0.25) is 5.91 Å². The van der Waals surface area contributed by atoms with Crippen LogP contribution in [0.25, 0.3) is 0 Å². The summed E-state index contributed by atoms with van der Waals surface area (Å²) in [6.07, 6.45) is 0. The fraction of sp³-hybridized carbons (Fsp3) is 0.222. The fourth-order valence-electron chi connectivity index (χ4n) is 1.06. The van der Waals surface area contributed by atoms with Gasteiger partial charge in [-0.2, -0.15) is 0 Å². The zero-order chi connectivity index (χ0) is 9.84. The molecule has 0 fully saturated rings. The van der Waals surface area contributed by atoms with E-state index in [0.29, 0.717) is 0 Å². The predicted molar refractivity (Wildman–Crippen MR) is 50.5 cm³/mol. The molecule has 0 radical (unpaired) electrons. The van der Waals surface area contributed by atoms with E-state index in [9.17, 15) is 4.79 Å². The van der Waals surface area contributed by atoms with Gasteiger partial charge in [0.15, 0.2) is 0 Å². The highest BCUT2D eigenvalue weighted by molar-refractivity contribution is 5.80. The van der Waals surface area contributed by atoms with Crippen molar-refractivity contribution >= 4 is 5.91 Å². The van der Waals surface area contributed by atoms with E-state index in [4.69, 9.17) is 17.2 Å². The van der Waals surface area contributed by atoms with Crippen LogP contribution in [0.1, 0.15) is 11.6 Å². The first-order chi connectivity index (χ1) is 6.13. The first kappa shape index (κ1) is 9.70. The van der Waals surface area contributed by atoms with Gasteiger partial charge in [-0.3, -0.25) is 4.79 Å². The van der Waals surface area contributed by atoms with E-state index in [1.165, 1.54) is 0 Å². The lowest BCUT2D eigenvalue weighted by atomic mass is 10.0. The van der Waals surface area contributed by atoms with Crippen LogP contribution in [-0.2, 0) is 4.79 Å². The molecule has 70 valence electrons. The van der Waals surface area contributed by atoms with Crippen LogP contribution >= 0.6 is 0 Å². The van der Waals surface area contributed by atoms with Gasteiger partial charge in [0.1, 0.15) is 6.04 Å². The molecule has 0 saturated heterocycles. The van der Waals surface area contributed by atoms with Crippen molar-refractivity contribution in [3.05, 3.63) is 35.9 Å². The first-order valence-electron chi connectivity index (χ1n) is 3.98. The number of primary amides is 1. The number of hydrogen-bond donors (Lipinski definition) is 3. The van der Waals surface area contributed by atoms with E-state index in [1.807, 2.05) is 30.3 Å². The highest BCUT2D eigenvalue weighted by Gasteiger charge is 2.19. The molecule has 0 spiro atoms. The van der Waals surface area contributed by atoms with Crippen molar-refractivity contribution in [2.75, 3.05) is 0 Å². The lowest BCUT2D eigenvalue weighted by Gasteiger charge is -2.16. The molecule has 1 unspecified atom stereocenters. The van der Waals surface area contributed by atoms with E-state index in [0.717, 1.165) is 5.56 Å². The minimum Gasteiger partial charge on any atom is -0.368 e. The van der Waals surface area contributed by atoms with E-state index < -0.39 is 18.0 Å². The number of carbonyl (C=O) groups is 1. The molecule has 0 aliphatic rings. The minimum atomic E-state index is -0.831. The van der Waals surface area contributed by atoms with Gasteiger partial charge >= 0.3 is 0 Å². The highest BCUT2D eigenvalue weighted by atomic mass is 16.1. The van der Waals surface area contributed by atoms with Crippen LogP contribution in [0, 0.1) is 0 Å². The molecule has 2 atom stereocenters. The van der Waals surface area contributed by atoms with E-state index in [2.05, 4.69) is 0 Å². The Morgan fingerprint density at radius 3 is 2.15 bits per heavy atom. The van der Waals surface area contributed by atoms with Crippen molar-refractivity contribution in [3.63, 3.8) is 0 Å². The van der Waals surface area contributed by atoms with E-state index >= 15 is 0 Å². The summed E-state index contributed by atoms with van der Waals surface area (Å²) in [4.78, 5) is 10.7. The average molecular weight is 179 g/mol. The lowest BCUT2D eigenvalue weighted by Crippen LogP contribution is -2.44. The predicted octanol–water partition coefficient (Wildman–Crippen LogP) is -0.501. The summed E-state index contributed by atoms with van der Waals surface area (Å²) >= 11 is 0. The van der Waals surface area contributed by atoms with Crippen molar-refractivity contribution < 1.29 is 4.79 Å². The molecule has 1 aromatic carbocycles. The number of amides is 1. The SMILES string of the molecule is NC(=O)[C@@H](N)C(N)c1ccccc1. The normalized spacial score (nSPS) is 14.9. The number of rotatable bonds is 3. The zero-order valence-corrected chi connectivity index (χ0v) is 7.18. The topological polar surface area (TPSA) is 95.1 Å². The van der Waals surface area contributed by atoms with Crippen molar-refractivity contribution in [1.82, 2.24) is 0 Å². The fourth-order valence-corrected chi connectivity index (χ4v) is 1.06. The molecule has 0 aliphatic carbocycles. The minimum absolute atomic E-state index is 0.529. The molecular weight excluding hydrogens is 166 g/mol. The zero-order valence-electron chi connectivity index (χ0n) is 7.18. The Balaban J connectivity index is 2.79.